The zero-order valence-corrected chi connectivity index (χ0v) is 90.7. The predicted octanol–water partition coefficient (Wildman–Crippen LogP) is 24.3. The summed E-state index contributed by atoms with van der Waals surface area (Å²) in [6.07, 6.45) is -6.34. The first-order chi connectivity index (χ1) is 66.2. The molecule has 1 aliphatic carbocycles. The molecule has 0 bridgehead atoms. The number of aliphatic hydroxyl groups excluding tert-OH is 1. The monoisotopic (exact) mass is 2370 g/mol. The molecule has 21 nitrogen and oxygen atoms in total. The van der Waals surface area contributed by atoms with Gasteiger partial charge >= 0.3 is 18.5 Å². The van der Waals surface area contributed by atoms with Crippen LogP contribution in [-0.4, -0.2) is 130 Å². The number of sulfonamides is 1. The molecule has 13 rings (SSSR count). The first-order valence-electron chi connectivity index (χ1n) is 40.8. The minimum atomic E-state index is -4.69. The number of carbonyl (C=O) groups is 1. The average Bonchev–Trinajstić information content (AvgIpc) is 1.61. The molecule has 0 saturated heterocycles. The Morgan fingerprint density at radius 2 is 0.846 bits per heavy atom. The van der Waals surface area contributed by atoms with Gasteiger partial charge in [-0.25, -0.2) is 72.2 Å². The number of alkyl halides is 10. The van der Waals surface area contributed by atoms with Crippen LogP contribution < -0.4 is 4.72 Å². The number of aliphatic hydroxyl groups is 1. The van der Waals surface area contributed by atoms with Crippen LogP contribution in [0.4, 0.5) is 50.9 Å². The molecule has 0 amide bonds. The summed E-state index contributed by atoms with van der Waals surface area (Å²) in [4.78, 5) is 16.1. The topological polar surface area (TPSA) is 344 Å². The van der Waals surface area contributed by atoms with E-state index >= 15 is 0 Å². The zero-order chi connectivity index (χ0) is 107. The number of benzene rings is 12. The van der Waals surface area contributed by atoms with E-state index < -0.39 is 174 Å². The van der Waals surface area contributed by atoms with Gasteiger partial charge in [0.25, 0.3) is 0 Å². The predicted molar refractivity (Wildman–Crippen MR) is 548 cm³/mol. The molecule has 0 spiro atoms. The molecule has 0 heterocycles. The van der Waals surface area contributed by atoms with Gasteiger partial charge in [0.2, 0.25) is 10.0 Å². The molecule has 12 aromatic rings. The highest BCUT2D eigenvalue weighted by Crippen LogP contribution is 2.58. The number of rotatable bonds is 29. The number of hydrogen-bond acceptors (Lipinski definition) is 22. The molecule has 0 radical (unpaired) electrons. The molecule has 1 aliphatic rings. The van der Waals surface area contributed by atoms with Crippen molar-refractivity contribution in [2.24, 2.45) is 0 Å². The lowest BCUT2D eigenvalue weighted by molar-refractivity contribution is -0.138. The first-order valence-corrected chi connectivity index (χ1v) is 62.1. The molecule has 2 atom stereocenters. The fourth-order valence-electron chi connectivity index (χ4n) is 12.9. The van der Waals surface area contributed by atoms with Crippen LogP contribution in [0.15, 0.2) is 319 Å². The van der Waals surface area contributed by atoms with E-state index in [2.05, 4.69) is 37.6 Å². The van der Waals surface area contributed by atoms with Crippen molar-refractivity contribution >= 4 is 216 Å². The van der Waals surface area contributed by atoms with Crippen LogP contribution in [0.25, 0.3) is 4.85 Å². The number of nitrogens with zero attached hydrogens (tertiary/aromatic N) is 1. The van der Waals surface area contributed by atoms with Crippen LogP contribution >= 0.6 is 109 Å². The summed E-state index contributed by atoms with van der Waals surface area (Å²) in [6, 6.07) is 61.2. The third-order valence-electron chi connectivity index (χ3n) is 20.1. The summed E-state index contributed by atoms with van der Waals surface area (Å²) in [5, 5.41) is 9.57. The van der Waals surface area contributed by atoms with Crippen LogP contribution in [0.1, 0.15) is 74.0 Å². The largest absolute Gasteiger partial charge is 0.416 e. The van der Waals surface area contributed by atoms with E-state index in [1.54, 1.807) is 90.8 Å². The number of carbonyl (C=O) groups excluding carboxylic acids is 1. The van der Waals surface area contributed by atoms with E-state index in [1.807, 2.05) is 50.2 Å². The lowest BCUT2D eigenvalue weighted by Gasteiger charge is -2.21. The second-order valence-electron chi connectivity index (χ2n) is 31.6. The van der Waals surface area contributed by atoms with Crippen LogP contribution in [0.2, 0.25) is 20.1 Å². The minimum Gasteiger partial charge on any atom is -0.389 e. The molecule has 48 heteroatoms. The fourth-order valence-corrected chi connectivity index (χ4v) is 28.6. The minimum absolute atomic E-state index is 0.0618. The number of sulfone groups is 7. The SMILES string of the molecule is CS(=O)(=O)Nc1ccc(Br)cc1SC1(C(Cl)C(=O)CO)CC1.CS(=O)(=O)c1cc(Cl)ccc1CS(=O)(=O)c1cccc(C(F)(F)F)c1.CS(=O)c1cc(Cl)ccc1CS(=O)(=O)c1cccc(C(F)(F)F)c1.CSc1cc(Cl)ccc1CS(=O)(=O)c1cccc(C(F)(F)F)c1.Cc1ccc(S(=O)(=O)Cc2cc(Cl)ccc2SCc2ccccc2)cc1.[C-]#[N+]c1ccc(CS(=O)(=O)c2ccc(C)cc2)c(S(C)(=O)=O)c1. The van der Waals surface area contributed by atoms with Gasteiger partial charge in [0, 0.05) is 73.4 Å². The Morgan fingerprint density at radius 1 is 0.455 bits per heavy atom. The second-order valence-corrected chi connectivity index (χ2v) is 55.0. The van der Waals surface area contributed by atoms with Crippen molar-refractivity contribution in [3.8, 4) is 0 Å². The van der Waals surface area contributed by atoms with Crippen LogP contribution in [0.3, 0.4) is 0 Å². The van der Waals surface area contributed by atoms with E-state index in [4.69, 9.17) is 69.7 Å². The Balaban J connectivity index is 0.000000210. The van der Waals surface area contributed by atoms with Crippen molar-refractivity contribution in [2.75, 3.05) is 42.6 Å². The molecule has 2 unspecified atom stereocenters. The molecule has 1 saturated carbocycles. The van der Waals surface area contributed by atoms with Crippen LogP contribution in [0, 0.1) is 20.4 Å². The average molecular weight is 2370 g/mol. The summed E-state index contributed by atoms with van der Waals surface area (Å²) in [5.74, 6) is -1.86. The van der Waals surface area contributed by atoms with E-state index in [1.165, 1.54) is 102 Å². The normalized spacial score (nSPS) is 13.3. The van der Waals surface area contributed by atoms with Gasteiger partial charge in [0.05, 0.1) is 109 Å². The number of thioether (sulfide) groups is 3. The van der Waals surface area contributed by atoms with Crippen LogP contribution in [-0.2, 0) is 148 Å². The van der Waals surface area contributed by atoms with Gasteiger partial charge in [-0.05, 0) is 224 Å². The Kier molecular flexibility index (Phi) is 42.0. The molecule has 12 aromatic carbocycles. The molecule has 0 aliphatic heterocycles. The summed E-state index contributed by atoms with van der Waals surface area (Å²) in [6.45, 7) is 10.2. The number of hydrogen-bond donors (Lipinski definition) is 2. The van der Waals surface area contributed by atoms with Crippen molar-refractivity contribution in [1.82, 2.24) is 0 Å². The highest BCUT2D eigenvalue weighted by molar-refractivity contribution is 9.10. The third-order valence-corrected chi connectivity index (χ3v) is 38.2. The number of anilines is 1. The summed E-state index contributed by atoms with van der Waals surface area (Å²) in [7, 11) is -31.5. The first kappa shape index (κ1) is 120. The number of Topliss-reactive ketones (excluding diaryl/α,β-unsaturated/α-hetero) is 1. The Labute approximate surface area is 872 Å². The highest BCUT2D eigenvalue weighted by Gasteiger charge is 2.53. The quantitative estimate of drug-likeness (QED) is 0.0190. The third kappa shape index (κ3) is 36.3. The lowest BCUT2D eigenvalue weighted by atomic mass is 10.2. The van der Waals surface area contributed by atoms with E-state index in [9.17, 15) is 116 Å². The van der Waals surface area contributed by atoms with Crippen molar-refractivity contribution in [3.63, 3.8) is 0 Å². The van der Waals surface area contributed by atoms with Gasteiger partial charge in [-0.3, -0.25) is 13.7 Å². The zero-order valence-electron chi connectivity index (χ0n) is 75.6. The maximum atomic E-state index is 12.8. The molecule has 2 N–H and O–H groups in total. The number of ketones is 1. The van der Waals surface area contributed by atoms with Gasteiger partial charge < -0.3 is 5.11 Å². The van der Waals surface area contributed by atoms with E-state index in [0.29, 0.717) is 59.2 Å². The lowest BCUT2D eigenvalue weighted by Crippen LogP contribution is -2.30. The fraction of sp³-hybridized carbons (Fsp3) is 0.221. The maximum absolute atomic E-state index is 12.8. The second kappa shape index (κ2) is 50.1. The summed E-state index contributed by atoms with van der Waals surface area (Å²) >= 11 is 37.4. The molecular formula is C95H85BrCl5F9N2O19S12. The van der Waals surface area contributed by atoms with E-state index in [-0.39, 0.29) is 63.4 Å². The van der Waals surface area contributed by atoms with Crippen molar-refractivity contribution in [3.05, 3.63) is 358 Å². The van der Waals surface area contributed by atoms with Gasteiger partial charge in [0.15, 0.2) is 80.3 Å². The molecule has 766 valence electrons. The van der Waals surface area contributed by atoms with Crippen molar-refractivity contribution < 1.29 is 121 Å². The van der Waals surface area contributed by atoms with Crippen molar-refractivity contribution in [2.45, 2.75) is 144 Å². The van der Waals surface area contributed by atoms with Crippen LogP contribution in [0.5, 0.6) is 0 Å². The number of nitrogens with one attached hydrogen (secondary N) is 1. The molecule has 0 aromatic heterocycles. The Hall–Kier alpha value is -8.34. The van der Waals surface area contributed by atoms with Gasteiger partial charge in [-0.2, -0.15) is 39.5 Å². The summed E-state index contributed by atoms with van der Waals surface area (Å²) < 4.78 is 325. The van der Waals surface area contributed by atoms with Gasteiger partial charge in [-0.1, -0.05) is 177 Å². The smallest absolute Gasteiger partial charge is 0.389 e. The standard InChI is InChI=1S/C21H19ClO2S2.C16H15NO4S2.C15H12ClF3O4S2.C15H12ClF3O3S2.C15H12ClF3O2S2.C13H15BrClNO4S2/c1-16-7-10-20(11-8-16)26(23,24)15-18-13-19(22)9-12-21(18)25-14-17-5-3-2-4-6-17;1-12-4-8-15(9-5-12)23(20,21)11-13-6-7-14(17-2)10-16(13)22(3,18)19;1-24(20,21)14-8-12(16)6-5-10(14)9-25(22,23)13-4-2-3-11(7-13)15(17,18)19;1-23(20)14-8-12(16)6-5-10(14)9-24(21,22)13-4-2-3-11(7-13)15(17,18)19;1-22-14-8-12(16)6-5-10(14)9-23(20,21)13-4-2-3-11(7-13)15(17,18)19;1-22(19,20)16-9-3-2-8(14)6-11(9)21-13(4-5-13)12(15)10(18)7-17/h2-13H,14-15H2,1H3;4-10H,11H2,1,3H3;2-8H,9H2,1H3;2-8H,9H2,1H3;2-8H,9H2,1H3;2-3,6,12,16-17H,4-5,7H2,1H3. The molecule has 143 heavy (non-hydrogen) atoms. The molecular weight excluding hydrogens is 2290 g/mol. The maximum Gasteiger partial charge on any atom is 0.416 e. The number of halogens is 15. The van der Waals surface area contributed by atoms with Gasteiger partial charge in [0.1, 0.15) is 12.0 Å². The molecule has 1 fully saturated rings. The van der Waals surface area contributed by atoms with E-state index in [0.717, 1.165) is 118 Å². The summed E-state index contributed by atoms with van der Waals surface area (Å²) in [5.41, 5.74) is 2.20. The highest BCUT2D eigenvalue weighted by atomic mass is 79.9. The van der Waals surface area contributed by atoms with Crippen molar-refractivity contribution in [1.29, 1.82) is 0 Å². The Morgan fingerprint density at radius 3 is 1.27 bits per heavy atom. The number of aryl methyl sites for hydroxylation is 2. The van der Waals surface area contributed by atoms with Gasteiger partial charge in [-0.15, -0.1) is 46.9 Å². The Bertz CT molecular complexity index is 7740.